The summed E-state index contributed by atoms with van der Waals surface area (Å²) in [6.07, 6.45) is 4.30. The fourth-order valence-corrected chi connectivity index (χ4v) is 2.41. The smallest absolute Gasteiger partial charge is 0.0687 e. The molecule has 0 bridgehead atoms. The van der Waals surface area contributed by atoms with Crippen molar-refractivity contribution < 1.29 is 0 Å². The predicted molar refractivity (Wildman–Crippen MR) is 75.8 cm³/mol. The second kappa shape index (κ2) is 5.47. The molecule has 0 atom stereocenters. The number of rotatable bonds is 3. The van der Waals surface area contributed by atoms with Crippen molar-refractivity contribution in [3.8, 4) is 0 Å². The van der Waals surface area contributed by atoms with Crippen LogP contribution in [0.25, 0.3) is 6.08 Å². The van der Waals surface area contributed by atoms with Crippen LogP contribution in [-0.4, -0.2) is 8.07 Å². The topological polar surface area (TPSA) is 0 Å². The van der Waals surface area contributed by atoms with E-state index in [1.54, 1.807) is 0 Å². The van der Waals surface area contributed by atoms with Gasteiger partial charge in [0.05, 0.1) is 8.07 Å². The highest BCUT2D eigenvalue weighted by molar-refractivity contribution is 9.12. The van der Waals surface area contributed by atoms with Gasteiger partial charge in [0.2, 0.25) is 0 Å². The van der Waals surface area contributed by atoms with Gasteiger partial charge < -0.3 is 0 Å². The van der Waals surface area contributed by atoms with E-state index in [9.17, 15) is 0 Å². The minimum absolute atomic E-state index is 1.09. The van der Waals surface area contributed by atoms with Crippen molar-refractivity contribution in [3.05, 3.63) is 52.2 Å². The average molecular weight is 281 g/mol. The number of halogens is 1. The van der Waals surface area contributed by atoms with Crippen molar-refractivity contribution in [2.45, 2.75) is 19.6 Å². The minimum atomic E-state index is -1.09. The van der Waals surface area contributed by atoms with Crippen molar-refractivity contribution in [1.82, 2.24) is 0 Å². The molecule has 80 valence electrons. The van der Waals surface area contributed by atoms with Crippen LogP contribution in [0.5, 0.6) is 0 Å². The van der Waals surface area contributed by atoms with Crippen LogP contribution in [0.4, 0.5) is 0 Å². The van der Waals surface area contributed by atoms with Gasteiger partial charge in [0.15, 0.2) is 0 Å². The summed E-state index contributed by atoms with van der Waals surface area (Å²) in [5.41, 5.74) is 3.56. The molecule has 1 rings (SSSR count). The third-order valence-corrected chi connectivity index (χ3v) is 3.51. The maximum Gasteiger partial charge on any atom is 0.0687 e. The molecule has 1 aromatic rings. The standard InChI is InChI=1S/C13H17BrSi/c1-15(2,3)10-9-13(14)11-12-7-5-4-6-8-12/h4-11H,1-3H3/b10-9+,13-11+. The Morgan fingerprint density at radius 1 is 1.13 bits per heavy atom. The van der Waals surface area contributed by atoms with Gasteiger partial charge >= 0.3 is 0 Å². The first kappa shape index (κ1) is 12.5. The fourth-order valence-electron chi connectivity index (χ4n) is 1.09. The van der Waals surface area contributed by atoms with Gasteiger partial charge in [0.25, 0.3) is 0 Å². The van der Waals surface area contributed by atoms with Crippen LogP contribution in [0, 0.1) is 0 Å². The maximum absolute atomic E-state index is 3.56. The molecule has 0 saturated carbocycles. The third kappa shape index (κ3) is 5.75. The maximum atomic E-state index is 3.56. The van der Waals surface area contributed by atoms with E-state index in [-0.39, 0.29) is 0 Å². The Labute approximate surface area is 102 Å². The van der Waals surface area contributed by atoms with Crippen LogP contribution >= 0.6 is 15.9 Å². The number of allylic oxidation sites excluding steroid dienone is 2. The molecule has 0 fully saturated rings. The molecule has 0 N–H and O–H groups in total. The van der Waals surface area contributed by atoms with Crippen molar-refractivity contribution in [3.63, 3.8) is 0 Å². The van der Waals surface area contributed by atoms with Gasteiger partial charge in [-0.2, -0.15) is 0 Å². The lowest BCUT2D eigenvalue weighted by molar-refractivity contribution is 1.66. The lowest BCUT2D eigenvalue weighted by atomic mass is 10.2. The first-order chi connectivity index (χ1) is 6.97. The highest BCUT2D eigenvalue weighted by atomic mass is 79.9. The van der Waals surface area contributed by atoms with Crippen LogP contribution in [-0.2, 0) is 0 Å². The van der Waals surface area contributed by atoms with E-state index in [0.717, 1.165) is 4.48 Å². The van der Waals surface area contributed by atoms with E-state index in [4.69, 9.17) is 0 Å². The van der Waals surface area contributed by atoms with E-state index in [2.05, 4.69) is 65.6 Å². The fraction of sp³-hybridized carbons (Fsp3) is 0.231. The van der Waals surface area contributed by atoms with Crippen LogP contribution < -0.4 is 0 Å². The lowest BCUT2D eigenvalue weighted by Gasteiger charge is -2.07. The summed E-state index contributed by atoms with van der Waals surface area (Å²) < 4.78 is 1.14. The second-order valence-electron chi connectivity index (χ2n) is 4.64. The molecule has 2 heteroatoms. The average Bonchev–Trinajstić information content (AvgIpc) is 2.15. The molecule has 0 heterocycles. The normalized spacial score (nSPS) is 13.5. The van der Waals surface area contributed by atoms with Crippen molar-refractivity contribution in [1.29, 1.82) is 0 Å². The Hall–Kier alpha value is -0.603. The zero-order valence-electron chi connectivity index (χ0n) is 9.50. The summed E-state index contributed by atoms with van der Waals surface area (Å²) in [5, 5.41) is 0. The second-order valence-corrected chi connectivity index (χ2v) is 10.6. The van der Waals surface area contributed by atoms with Crippen LogP contribution in [0.3, 0.4) is 0 Å². The minimum Gasteiger partial charge on any atom is -0.0939 e. The Kier molecular flexibility index (Phi) is 4.55. The molecule has 1 aromatic carbocycles. The molecule has 0 nitrogen and oxygen atoms in total. The van der Waals surface area contributed by atoms with E-state index in [1.807, 2.05) is 18.2 Å². The largest absolute Gasteiger partial charge is 0.0939 e. The van der Waals surface area contributed by atoms with E-state index in [1.165, 1.54) is 5.56 Å². The summed E-state index contributed by atoms with van der Waals surface area (Å²) in [6.45, 7) is 6.98. The summed E-state index contributed by atoms with van der Waals surface area (Å²) in [5.74, 6) is 0. The molecule has 0 amide bonds. The highest BCUT2D eigenvalue weighted by Gasteiger charge is 2.06. The highest BCUT2D eigenvalue weighted by Crippen LogP contribution is 2.15. The summed E-state index contributed by atoms with van der Waals surface area (Å²) in [7, 11) is -1.09. The molecular weight excluding hydrogens is 264 g/mol. The number of hydrogen-bond acceptors (Lipinski definition) is 0. The van der Waals surface area contributed by atoms with Gasteiger partial charge in [-0.25, -0.2) is 0 Å². The molecule has 0 aliphatic rings. The van der Waals surface area contributed by atoms with Crippen LogP contribution in [0.15, 0.2) is 46.6 Å². The molecule has 0 radical (unpaired) electrons. The monoisotopic (exact) mass is 280 g/mol. The number of hydrogen-bond donors (Lipinski definition) is 0. The van der Waals surface area contributed by atoms with Gasteiger partial charge in [-0.1, -0.05) is 77.7 Å². The van der Waals surface area contributed by atoms with Crippen LogP contribution in [0.2, 0.25) is 19.6 Å². The SMILES string of the molecule is C[Si](C)(C)/C=C/C(Br)=C\c1ccccc1. The quantitative estimate of drug-likeness (QED) is 0.548. The van der Waals surface area contributed by atoms with E-state index < -0.39 is 8.07 Å². The predicted octanol–water partition coefficient (Wildman–Crippen LogP) is 4.86. The Bertz CT molecular complexity index is 358. The molecule has 0 unspecified atom stereocenters. The van der Waals surface area contributed by atoms with Gasteiger partial charge in [-0.05, 0) is 11.6 Å². The Morgan fingerprint density at radius 3 is 2.27 bits per heavy atom. The Balaban J connectivity index is 2.74. The molecule has 0 aromatic heterocycles. The summed E-state index contributed by atoms with van der Waals surface area (Å²) >= 11 is 3.56. The van der Waals surface area contributed by atoms with Crippen molar-refractivity contribution in [2.75, 3.05) is 0 Å². The lowest BCUT2D eigenvalue weighted by Crippen LogP contribution is -2.15. The van der Waals surface area contributed by atoms with E-state index in [0.29, 0.717) is 0 Å². The number of benzene rings is 1. The van der Waals surface area contributed by atoms with Gasteiger partial charge in [-0.3, -0.25) is 0 Å². The zero-order chi connectivity index (χ0) is 11.3. The van der Waals surface area contributed by atoms with E-state index >= 15 is 0 Å². The molecule has 0 saturated heterocycles. The first-order valence-corrected chi connectivity index (χ1v) is 9.46. The first-order valence-electron chi connectivity index (χ1n) is 5.09. The molecule has 15 heavy (non-hydrogen) atoms. The van der Waals surface area contributed by atoms with Gasteiger partial charge in [0.1, 0.15) is 0 Å². The molecule has 0 spiro atoms. The summed E-state index contributed by atoms with van der Waals surface area (Å²) in [6, 6.07) is 10.3. The molecule has 0 aliphatic heterocycles. The van der Waals surface area contributed by atoms with Crippen molar-refractivity contribution >= 4 is 30.1 Å². The Morgan fingerprint density at radius 2 is 1.73 bits per heavy atom. The third-order valence-electron chi connectivity index (χ3n) is 1.85. The van der Waals surface area contributed by atoms with Gasteiger partial charge in [-0.15, -0.1) is 0 Å². The molecule has 0 aliphatic carbocycles. The van der Waals surface area contributed by atoms with Crippen molar-refractivity contribution in [2.24, 2.45) is 0 Å². The zero-order valence-corrected chi connectivity index (χ0v) is 12.1. The van der Waals surface area contributed by atoms with Crippen LogP contribution in [0.1, 0.15) is 5.56 Å². The van der Waals surface area contributed by atoms with Gasteiger partial charge in [0, 0.05) is 4.48 Å². The summed E-state index contributed by atoms with van der Waals surface area (Å²) in [4.78, 5) is 0. The molecular formula is C13H17BrSi.